The van der Waals surface area contributed by atoms with E-state index in [0.29, 0.717) is 5.75 Å². The number of aromatic hydroxyl groups is 1. The van der Waals surface area contributed by atoms with Crippen LogP contribution in [0.4, 0.5) is 0 Å². The summed E-state index contributed by atoms with van der Waals surface area (Å²) in [6.07, 6.45) is 3.31. The zero-order chi connectivity index (χ0) is 11.0. The molecule has 0 bridgehead atoms. The molecule has 1 nitrogen and oxygen atoms in total. The van der Waals surface area contributed by atoms with Crippen LogP contribution in [0.15, 0.2) is 53.4 Å². The molecular formula is C14H9OS+. The van der Waals surface area contributed by atoms with Crippen molar-refractivity contribution < 1.29 is 5.11 Å². The van der Waals surface area contributed by atoms with Crippen LogP contribution in [-0.2, 0) is 0 Å². The second-order valence-electron chi connectivity index (χ2n) is 3.57. The Kier molecular flexibility index (Phi) is 2.17. The van der Waals surface area contributed by atoms with E-state index in [9.17, 15) is 5.11 Å². The number of para-hydroxylation sites is 1. The van der Waals surface area contributed by atoms with Crippen LogP contribution in [0.3, 0.4) is 0 Å². The van der Waals surface area contributed by atoms with E-state index >= 15 is 0 Å². The minimum absolute atomic E-state index is 0.310. The number of hydrogen-bond donors (Lipinski definition) is 1. The highest BCUT2D eigenvalue weighted by Gasteiger charge is 2.25. The maximum absolute atomic E-state index is 9.78. The third-order valence-electron chi connectivity index (χ3n) is 2.50. The lowest BCUT2D eigenvalue weighted by Gasteiger charge is -1.96. The van der Waals surface area contributed by atoms with Gasteiger partial charge in [0, 0.05) is 12.1 Å². The Morgan fingerprint density at radius 2 is 1.69 bits per heavy atom. The SMILES string of the molecule is Oc1ccccc1C1=[C+]c2ccccc2S1. The van der Waals surface area contributed by atoms with Crippen LogP contribution in [0, 0.1) is 6.08 Å². The molecule has 0 spiro atoms. The third-order valence-corrected chi connectivity index (χ3v) is 3.60. The van der Waals surface area contributed by atoms with Crippen LogP contribution in [0.2, 0.25) is 0 Å². The molecule has 1 aliphatic rings. The highest BCUT2D eigenvalue weighted by Crippen LogP contribution is 2.44. The largest absolute Gasteiger partial charge is 0.499 e. The topological polar surface area (TPSA) is 20.2 Å². The van der Waals surface area contributed by atoms with Crippen LogP contribution < -0.4 is 0 Å². The highest BCUT2D eigenvalue weighted by molar-refractivity contribution is 8.08. The summed E-state index contributed by atoms with van der Waals surface area (Å²) in [6, 6.07) is 15.5. The summed E-state index contributed by atoms with van der Waals surface area (Å²) in [5.74, 6) is 0.310. The van der Waals surface area contributed by atoms with Gasteiger partial charge in [-0.2, -0.15) is 0 Å². The summed E-state index contributed by atoms with van der Waals surface area (Å²) in [7, 11) is 0. The van der Waals surface area contributed by atoms with Gasteiger partial charge in [-0.15, -0.1) is 0 Å². The van der Waals surface area contributed by atoms with Gasteiger partial charge in [-0.05, 0) is 42.1 Å². The van der Waals surface area contributed by atoms with E-state index in [1.807, 2.05) is 36.4 Å². The summed E-state index contributed by atoms with van der Waals surface area (Å²) in [5.41, 5.74) is 1.95. The van der Waals surface area contributed by atoms with Gasteiger partial charge in [0.05, 0.1) is 0 Å². The van der Waals surface area contributed by atoms with E-state index < -0.39 is 0 Å². The minimum Gasteiger partial charge on any atom is -0.499 e. The molecule has 16 heavy (non-hydrogen) atoms. The zero-order valence-corrected chi connectivity index (χ0v) is 9.29. The summed E-state index contributed by atoms with van der Waals surface area (Å²) in [5, 5.41) is 9.78. The molecule has 3 rings (SSSR count). The Morgan fingerprint density at radius 1 is 0.938 bits per heavy atom. The van der Waals surface area contributed by atoms with Crippen molar-refractivity contribution in [2.45, 2.75) is 4.90 Å². The van der Waals surface area contributed by atoms with Crippen molar-refractivity contribution in [2.24, 2.45) is 0 Å². The molecule has 2 heteroatoms. The standard InChI is InChI=1S/C14H8OS/c15-12-7-3-2-6-11(12)14-9-10-5-1-4-8-13(10)16-14/h1-8H/p+1. The van der Waals surface area contributed by atoms with Gasteiger partial charge < -0.3 is 5.11 Å². The van der Waals surface area contributed by atoms with Gasteiger partial charge in [-0.1, -0.05) is 12.1 Å². The summed E-state index contributed by atoms with van der Waals surface area (Å²) in [6.45, 7) is 0. The van der Waals surface area contributed by atoms with Crippen LogP contribution in [0.25, 0.3) is 4.91 Å². The van der Waals surface area contributed by atoms with Crippen molar-refractivity contribution in [3.63, 3.8) is 0 Å². The average molecular weight is 225 g/mol. The van der Waals surface area contributed by atoms with Gasteiger partial charge in [0.1, 0.15) is 10.5 Å². The van der Waals surface area contributed by atoms with Crippen molar-refractivity contribution in [2.75, 3.05) is 0 Å². The highest BCUT2D eigenvalue weighted by atomic mass is 32.2. The summed E-state index contributed by atoms with van der Waals surface area (Å²) < 4.78 is 0. The van der Waals surface area contributed by atoms with Crippen molar-refractivity contribution in [3.8, 4) is 5.75 Å². The quantitative estimate of drug-likeness (QED) is 0.747. The van der Waals surface area contributed by atoms with Gasteiger partial charge in [-0.3, -0.25) is 0 Å². The first-order valence-electron chi connectivity index (χ1n) is 5.04. The Morgan fingerprint density at radius 3 is 2.50 bits per heavy atom. The monoisotopic (exact) mass is 225 g/mol. The number of thioether (sulfide) groups is 1. The summed E-state index contributed by atoms with van der Waals surface area (Å²) >= 11 is 1.65. The fourth-order valence-electron chi connectivity index (χ4n) is 1.70. The predicted octanol–water partition coefficient (Wildman–Crippen LogP) is 3.69. The number of hydrogen-bond acceptors (Lipinski definition) is 2. The molecule has 2 aromatic rings. The average Bonchev–Trinajstić information content (AvgIpc) is 2.73. The van der Waals surface area contributed by atoms with E-state index in [0.717, 1.165) is 16.0 Å². The Hall–Kier alpha value is -1.76. The van der Waals surface area contributed by atoms with Crippen molar-refractivity contribution in [3.05, 3.63) is 65.7 Å². The number of benzene rings is 2. The van der Waals surface area contributed by atoms with E-state index in [-0.39, 0.29) is 0 Å². The molecule has 0 radical (unpaired) electrons. The molecule has 0 aliphatic carbocycles. The van der Waals surface area contributed by atoms with E-state index in [1.54, 1.807) is 17.8 Å². The van der Waals surface area contributed by atoms with Crippen molar-refractivity contribution >= 4 is 16.7 Å². The minimum atomic E-state index is 0.310. The lowest BCUT2D eigenvalue weighted by molar-refractivity contribution is 0.474. The molecule has 0 unspecified atom stereocenters. The number of phenols is 1. The first kappa shape index (κ1) is 9.46. The maximum atomic E-state index is 9.78. The van der Waals surface area contributed by atoms with Gasteiger partial charge in [0.25, 0.3) is 0 Å². The molecule has 1 heterocycles. The van der Waals surface area contributed by atoms with Gasteiger partial charge in [0.15, 0.2) is 16.2 Å². The fraction of sp³-hybridized carbons (Fsp3) is 0. The second kappa shape index (κ2) is 3.67. The molecule has 0 fully saturated rings. The lowest BCUT2D eigenvalue weighted by Crippen LogP contribution is -1.78. The Bertz CT molecular complexity index is 572. The predicted molar refractivity (Wildman–Crippen MR) is 66.2 cm³/mol. The second-order valence-corrected chi connectivity index (χ2v) is 4.62. The Balaban J connectivity index is 2.05. The third kappa shape index (κ3) is 1.49. The van der Waals surface area contributed by atoms with E-state index in [2.05, 4.69) is 12.1 Å². The zero-order valence-electron chi connectivity index (χ0n) is 8.47. The Labute approximate surface area is 98.4 Å². The van der Waals surface area contributed by atoms with Crippen LogP contribution in [-0.4, -0.2) is 5.11 Å². The van der Waals surface area contributed by atoms with Crippen LogP contribution >= 0.6 is 11.8 Å². The molecule has 0 saturated carbocycles. The fourth-order valence-corrected chi connectivity index (χ4v) is 2.74. The number of phenolic OH excluding ortho intramolecular Hbond substituents is 1. The van der Waals surface area contributed by atoms with Gasteiger partial charge in [0.2, 0.25) is 0 Å². The van der Waals surface area contributed by atoms with Crippen molar-refractivity contribution in [1.82, 2.24) is 0 Å². The molecule has 76 valence electrons. The molecular weight excluding hydrogens is 216 g/mol. The van der Waals surface area contributed by atoms with Crippen LogP contribution in [0.1, 0.15) is 11.1 Å². The molecule has 2 aromatic carbocycles. The summed E-state index contributed by atoms with van der Waals surface area (Å²) in [4.78, 5) is 2.18. The lowest BCUT2D eigenvalue weighted by atomic mass is 10.1. The maximum Gasteiger partial charge on any atom is 0.168 e. The first-order chi connectivity index (χ1) is 7.84. The first-order valence-corrected chi connectivity index (χ1v) is 5.85. The van der Waals surface area contributed by atoms with Crippen molar-refractivity contribution in [1.29, 1.82) is 0 Å². The molecule has 1 N–H and O–H groups in total. The van der Waals surface area contributed by atoms with E-state index in [4.69, 9.17) is 0 Å². The number of rotatable bonds is 1. The molecule has 0 amide bonds. The molecule has 0 aromatic heterocycles. The number of fused-ring (bicyclic) bond motifs is 1. The van der Waals surface area contributed by atoms with E-state index in [1.165, 1.54) is 4.90 Å². The normalized spacial score (nSPS) is 12.9. The smallest absolute Gasteiger partial charge is 0.168 e. The molecule has 1 aliphatic heterocycles. The molecule has 0 saturated heterocycles. The van der Waals surface area contributed by atoms with Crippen LogP contribution in [0.5, 0.6) is 5.75 Å². The van der Waals surface area contributed by atoms with Gasteiger partial charge in [-0.25, -0.2) is 0 Å². The van der Waals surface area contributed by atoms with Gasteiger partial charge >= 0.3 is 0 Å². The molecule has 0 atom stereocenters.